The van der Waals surface area contributed by atoms with Crippen molar-refractivity contribution in [3.05, 3.63) is 35.6 Å². The van der Waals surface area contributed by atoms with Gasteiger partial charge in [-0.25, -0.2) is 4.39 Å². The van der Waals surface area contributed by atoms with E-state index in [0.29, 0.717) is 6.42 Å². The van der Waals surface area contributed by atoms with Gasteiger partial charge in [0.15, 0.2) is 0 Å². The predicted octanol–water partition coefficient (Wildman–Crippen LogP) is 2.42. The number of carbonyl (C=O) groups is 2. The molecule has 1 heterocycles. The summed E-state index contributed by atoms with van der Waals surface area (Å²) in [6, 6.07) is 5.96. The van der Waals surface area contributed by atoms with Gasteiger partial charge in [-0.1, -0.05) is 18.6 Å². The fourth-order valence-corrected chi connectivity index (χ4v) is 3.08. The molecule has 1 aliphatic heterocycles. The van der Waals surface area contributed by atoms with Crippen LogP contribution in [0.4, 0.5) is 4.39 Å². The smallest absolute Gasteiger partial charge is 0.307 e. The van der Waals surface area contributed by atoms with Crippen molar-refractivity contribution in [3.63, 3.8) is 0 Å². The number of halogens is 1. The minimum Gasteiger partial charge on any atom is -0.469 e. The van der Waals surface area contributed by atoms with Crippen LogP contribution in [-0.4, -0.2) is 43.0 Å². The lowest BCUT2D eigenvalue weighted by Gasteiger charge is -2.34. The van der Waals surface area contributed by atoms with Gasteiger partial charge in [0.2, 0.25) is 5.91 Å². The van der Waals surface area contributed by atoms with Gasteiger partial charge >= 0.3 is 5.97 Å². The monoisotopic (exact) mass is 336 g/mol. The summed E-state index contributed by atoms with van der Waals surface area (Å²) in [5, 5.41) is 2.93. The molecule has 2 rings (SSSR count). The summed E-state index contributed by atoms with van der Waals surface area (Å²) < 4.78 is 17.7. The Kier molecular flexibility index (Phi) is 6.73. The first-order valence-corrected chi connectivity index (χ1v) is 8.35. The van der Waals surface area contributed by atoms with E-state index >= 15 is 0 Å². The number of piperidine rings is 1. The third-order valence-corrected chi connectivity index (χ3v) is 4.47. The zero-order valence-electron chi connectivity index (χ0n) is 14.3. The van der Waals surface area contributed by atoms with Crippen molar-refractivity contribution in [2.75, 3.05) is 20.2 Å². The number of amides is 1. The highest BCUT2D eigenvalue weighted by molar-refractivity contribution is 5.78. The Hall–Kier alpha value is -1.95. The van der Waals surface area contributed by atoms with Crippen LogP contribution in [0.15, 0.2) is 24.3 Å². The third-order valence-electron chi connectivity index (χ3n) is 4.47. The maximum absolute atomic E-state index is 13.0. The van der Waals surface area contributed by atoms with Crippen molar-refractivity contribution in [1.82, 2.24) is 10.2 Å². The van der Waals surface area contributed by atoms with Crippen LogP contribution >= 0.6 is 0 Å². The molecule has 2 unspecified atom stereocenters. The molecule has 132 valence electrons. The lowest BCUT2D eigenvalue weighted by Crippen LogP contribution is -2.46. The minimum atomic E-state index is -0.295. The number of nitrogens with one attached hydrogen (secondary N) is 1. The largest absolute Gasteiger partial charge is 0.469 e. The summed E-state index contributed by atoms with van der Waals surface area (Å²) in [6.07, 6.45) is 3.30. The molecule has 0 radical (unpaired) electrons. The van der Waals surface area contributed by atoms with E-state index in [0.717, 1.165) is 31.4 Å². The summed E-state index contributed by atoms with van der Waals surface area (Å²) in [5.74, 6) is -0.633. The Morgan fingerprint density at radius 3 is 2.71 bits per heavy atom. The molecule has 1 aromatic carbocycles. The molecule has 0 bridgehead atoms. The Labute approximate surface area is 142 Å². The molecule has 1 fully saturated rings. The van der Waals surface area contributed by atoms with Gasteiger partial charge in [0.25, 0.3) is 0 Å². The van der Waals surface area contributed by atoms with E-state index in [1.54, 1.807) is 12.1 Å². The molecule has 0 saturated carbocycles. The number of esters is 1. The molecule has 0 spiro atoms. The van der Waals surface area contributed by atoms with Crippen LogP contribution in [0.1, 0.15) is 44.2 Å². The summed E-state index contributed by atoms with van der Waals surface area (Å²) in [6.45, 7) is 2.93. The van der Waals surface area contributed by atoms with Crippen LogP contribution in [0.5, 0.6) is 0 Å². The zero-order chi connectivity index (χ0) is 17.5. The highest BCUT2D eigenvalue weighted by Gasteiger charge is 2.27. The van der Waals surface area contributed by atoms with Crippen molar-refractivity contribution in [1.29, 1.82) is 0 Å². The number of ether oxygens (including phenoxy) is 1. The van der Waals surface area contributed by atoms with E-state index < -0.39 is 0 Å². The van der Waals surface area contributed by atoms with Crippen molar-refractivity contribution >= 4 is 11.9 Å². The molecule has 1 saturated heterocycles. The molecule has 1 aliphatic rings. The van der Waals surface area contributed by atoms with Crippen molar-refractivity contribution in [2.24, 2.45) is 0 Å². The second-order valence-electron chi connectivity index (χ2n) is 6.24. The maximum atomic E-state index is 13.0. The van der Waals surface area contributed by atoms with E-state index in [-0.39, 0.29) is 36.3 Å². The standard InChI is InChI=1S/C18H25FN2O3/c1-13(14-6-8-15(19)9-7-14)20-17(22)12-21-10-4-3-5-16(21)11-18(23)24-2/h6-9,13,16H,3-5,10-12H2,1-2H3,(H,20,22). The van der Waals surface area contributed by atoms with Gasteiger partial charge in [0.05, 0.1) is 26.1 Å². The normalized spacial score (nSPS) is 19.5. The molecular weight excluding hydrogens is 311 g/mol. The first-order valence-electron chi connectivity index (χ1n) is 8.35. The van der Waals surface area contributed by atoms with Gasteiger partial charge in [-0.2, -0.15) is 0 Å². The number of hydrogen-bond acceptors (Lipinski definition) is 4. The first-order chi connectivity index (χ1) is 11.5. The molecule has 0 aliphatic carbocycles. The van der Waals surface area contributed by atoms with E-state index in [9.17, 15) is 14.0 Å². The van der Waals surface area contributed by atoms with Gasteiger partial charge in [0, 0.05) is 6.04 Å². The lowest BCUT2D eigenvalue weighted by molar-refractivity contribution is -0.143. The molecule has 1 aromatic rings. The van der Waals surface area contributed by atoms with Gasteiger partial charge in [-0.05, 0) is 44.0 Å². The van der Waals surface area contributed by atoms with Crippen molar-refractivity contribution in [2.45, 2.75) is 44.7 Å². The highest BCUT2D eigenvalue weighted by atomic mass is 19.1. The number of rotatable bonds is 6. The van der Waals surface area contributed by atoms with E-state index in [1.165, 1.54) is 19.2 Å². The summed E-state index contributed by atoms with van der Waals surface area (Å²) in [5.41, 5.74) is 0.856. The summed E-state index contributed by atoms with van der Waals surface area (Å²) in [7, 11) is 1.38. The average Bonchev–Trinajstić information content (AvgIpc) is 2.57. The summed E-state index contributed by atoms with van der Waals surface area (Å²) in [4.78, 5) is 25.9. The highest BCUT2D eigenvalue weighted by Crippen LogP contribution is 2.20. The SMILES string of the molecule is COC(=O)CC1CCCCN1CC(=O)NC(C)c1ccc(F)cc1. The fourth-order valence-electron chi connectivity index (χ4n) is 3.08. The predicted molar refractivity (Wildman–Crippen MR) is 88.8 cm³/mol. The van der Waals surface area contributed by atoms with Gasteiger partial charge < -0.3 is 10.1 Å². The van der Waals surface area contributed by atoms with Gasteiger partial charge in [0.1, 0.15) is 5.82 Å². The molecule has 0 aromatic heterocycles. The molecular formula is C18H25FN2O3. The van der Waals surface area contributed by atoms with Crippen LogP contribution in [0, 0.1) is 5.82 Å². The Balaban J connectivity index is 1.89. The Morgan fingerprint density at radius 2 is 2.04 bits per heavy atom. The number of hydrogen-bond donors (Lipinski definition) is 1. The molecule has 24 heavy (non-hydrogen) atoms. The van der Waals surface area contributed by atoms with Gasteiger partial charge in [-0.15, -0.1) is 0 Å². The minimum absolute atomic E-state index is 0.0538. The second-order valence-corrected chi connectivity index (χ2v) is 6.24. The lowest BCUT2D eigenvalue weighted by atomic mass is 9.99. The van der Waals surface area contributed by atoms with Crippen LogP contribution in [0.25, 0.3) is 0 Å². The first kappa shape index (κ1) is 18.4. The number of likely N-dealkylation sites (tertiary alicyclic amines) is 1. The van der Waals surface area contributed by atoms with E-state index in [2.05, 4.69) is 5.32 Å². The molecule has 5 nitrogen and oxygen atoms in total. The number of methoxy groups -OCH3 is 1. The summed E-state index contributed by atoms with van der Waals surface area (Å²) >= 11 is 0. The molecule has 1 amide bonds. The van der Waals surface area contributed by atoms with Crippen LogP contribution < -0.4 is 5.32 Å². The molecule has 6 heteroatoms. The number of nitrogens with zero attached hydrogens (tertiary/aromatic N) is 1. The van der Waals surface area contributed by atoms with Crippen LogP contribution in [0.3, 0.4) is 0 Å². The molecule has 1 N–H and O–H groups in total. The quantitative estimate of drug-likeness (QED) is 0.811. The second kappa shape index (κ2) is 8.78. The Morgan fingerprint density at radius 1 is 1.33 bits per heavy atom. The zero-order valence-corrected chi connectivity index (χ0v) is 14.3. The fraction of sp³-hybridized carbons (Fsp3) is 0.556. The molecule has 2 atom stereocenters. The van der Waals surface area contributed by atoms with E-state index in [1.807, 2.05) is 11.8 Å². The van der Waals surface area contributed by atoms with Crippen molar-refractivity contribution in [3.8, 4) is 0 Å². The number of benzene rings is 1. The third kappa shape index (κ3) is 5.30. The number of carbonyl (C=O) groups excluding carboxylic acids is 2. The van der Waals surface area contributed by atoms with E-state index in [4.69, 9.17) is 4.74 Å². The van der Waals surface area contributed by atoms with Crippen LogP contribution in [0.2, 0.25) is 0 Å². The maximum Gasteiger partial charge on any atom is 0.307 e. The Bertz CT molecular complexity index is 562. The van der Waals surface area contributed by atoms with Crippen molar-refractivity contribution < 1.29 is 18.7 Å². The van der Waals surface area contributed by atoms with Crippen LogP contribution in [-0.2, 0) is 14.3 Å². The van der Waals surface area contributed by atoms with Gasteiger partial charge in [-0.3, -0.25) is 14.5 Å². The average molecular weight is 336 g/mol. The topological polar surface area (TPSA) is 58.6 Å².